The summed E-state index contributed by atoms with van der Waals surface area (Å²) in [5, 5.41) is 0. The molecule has 2 aromatic carbocycles. The van der Waals surface area contributed by atoms with Gasteiger partial charge in [0.1, 0.15) is 0 Å². The Morgan fingerprint density at radius 3 is 1.22 bits per heavy atom. The molecule has 0 spiro atoms. The Morgan fingerprint density at radius 1 is 0.556 bits per heavy atom. The van der Waals surface area contributed by atoms with Gasteiger partial charge in [0.2, 0.25) is 0 Å². The number of hydrogen-bond donors (Lipinski definition) is 0. The molecule has 0 aliphatic rings. The summed E-state index contributed by atoms with van der Waals surface area (Å²) in [5.74, 6) is 0. The zero-order valence-corrected chi connectivity index (χ0v) is 14.5. The van der Waals surface area contributed by atoms with Crippen LogP contribution in [-0.2, 0) is 21.7 Å². The highest BCUT2D eigenvalue weighted by atomic mass is 127. The fourth-order valence-corrected chi connectivity index (χ4v) is 3.62. The molecular formula is C16H16I2. The maximum atomic E-state index is 2.45. The number of rotatable bonds is 5. The van der Waals surface area contributed by atoms with Crippen molar-refractivity contribution in [3.05, 3.63) is 70.8 Å². The van der Waals surface area contributed by atoms with E-state index < -0.39 is 0 Å². The lowest BCUT2D eigenvalue weighted by Gasteiger charge is -2.09. The van der Waals surface area contributed by atoms with Gasteiger partial charge in [-0.25, -0.2) is 0 Å². The molecule has 0 saturated carbocycles. The Bertz CT molecular complexity index is 458. The van der Waals surface area contributed by atoms with Gasteiger partial charge in [-0.15, -0.1) is 0 Å². The van der Waals surface area contributed by atoms with Crippen LogP contribution in [0.1, 0.15) is 22.3 Å². The van der Waals surface area contributed by atoms with Crippen LogP contribution in [0.4, 0.5) is 0 Å². The zero-order valence-electron chi connectivity index (χ0n) is 10.2. The Kier molecular flexibility index (Phi) is 5.95. The van der Waals surface area contributed by atoms with E-state index in [-0.39, 0.29) is 0 Å². The molecule has 0 bridgehead atoms. The van der Waals surface area contributed by atoms with E-state index in [1.807, 2.05) is 0 Å². The second-order valence-corrected chi connectivity index (χ2v) is 5.83. The molecule has 0 radical (unpaired) electrons. The van der Waals surface area contributed by atoms with Crippen molar-refractivity contribution in [3.63, 3.8) is 0 Å². The third-order valence-electron chi connectivity index (χ3n) is 3.19. The molecule has 2 rings (SSSR count). The minimum Gasteiger partial charge on any atom is -0.0812 e. The molecule has 0 fully saturated rings. The van der Waals surface area contributed by atoms with Crippen molar-refractivity contribution in [2.45, 2.75) is 21.7 Å². The average molecular weight is 462 g/mol. The minimum atomic E-state index is 1.10. The first-order valence-electron chi connectivity index (χ1n) is 6.10. The van der Waals surface area contributed by atoms with Crippen LogP contribution in [0.3, 0.4) is 0 Å². The molecule has 2 aromatic rings. The standard InChI is InChI=1S/C16H16I2/c17-11-15-7-3-1-5-13(15)9-10-14-6-2-4-8-16(14)12-18/h1-8H,9-12H2. The summed E-state index contributed by atoms with van der Waals surface area (Å²) in [5.41, 5.74) is 5.94. The molecule has 0 N–H and O–H groups in total. The molecule has 0 aromatic heterocycles. The number of hydrogen-bond acceptors (Lipinski definition) is 0. The number of alkyl halides is 2. The van der Waals surface area contributed by atoms with Crippen LogP contribution in [-0.4, -0.2) is 0 Å². The molecule has 94 valence electrons. The summed E-state index contributed by atoms with van der Waals surface area (Å²) in [7, 11) is 0. The van der Waals surface area contributed by atoms with Crippen molar-refractivity contribution in [3.8, 4) is 0 Å². The van der Waals surface area contributed by atoms with E-state index >= 15 is 0 Å². The third kappa shape index (κ3) is 3.70. The summed E-state index contributed by atoms with van der Waals surface area (Å²) in [6.45, 7) is 0. The molecule has 0 atom stereocenters. The van der Waals surface area contributed by atoms with Crippen LogP contribution >= 0.6 is 45.2 Å². The monoisotopic (exact) mass is 462 g/mol. The van der Waals surface area contributed by atoms with E-state index in [0.29, 0.717) is 0 Å². The fourth-order valence-electron chi connectivity index (χ4n) is 2.13. The van der Waals surface area contributed by atoms with Crippen LogP contribution in [0, 0.1) is 0 Å². The van der Waals surface area contributed by atoms with Crippen LogP contribution in [0.2, 0.25) is 0 Å². The predicted molar refractivity (Wildman–Crippen MR) is 95.7 cm³/mol. The van der Waals surface area contributed by atoms with Crippen LogP contribution in [0.5, 0.6) is 0 Å². The van der Waals surface area contributed by atoms with E-state index in [1.54, 1.807) is 0 Å². The molecule has 0 unspecified atom stereocenters. The van der Waals surface area contributed by atoms with Crippen molar-refractivity contribution in [2.24, 2.45) is 0 Å². The summed E-state index contributed by atoms with van der Waals surface area (Å²) in [4.78, 5) is 0. The summed E-state index contributed by atoms with van der Waals surface area (Å²) in [6, 6.07) is 17.6. The molecule has 0 saturated heterocycles. The highest BCUT2D eigenvalue weighted by Crippen LogP contribution is 2.18. The van der Waals surface area contributed by atoms with Gasteiger partial charge in [-0.05, 0) is 35.1 Å². The fraction of sp³-hybridized carbons (Fsp3) is 0.250. The van der Waals surface area contributed by atoms with E-state index in [4.69, 9.17) is 0 Å². The highest BCUT2D eigenvalue weighted by Gasteiger charge is 2.04. The van der Waals surface area contributed by atoms with Gasteiger partial charge < -0.3 is 0 Å². The van der Waals surface area contributed by atoms with Gasteiger partial charge in [-0.2, -0.15) is 0 Å². The molecular weight excluding hydrogens is 446 g/mol. The van der Waals surface area contributed by atoms with Gasteiger partial charge in [-0.3, -0.25) is 0 Å². The van der Waals surface area contributed by atoms with Crippen molar-refractivity contribution in [2.75, 3.05) is 0 Å². The normalized spacial score (nSPS) is 10.6. The molecule has 18 heavy (non-hydrogen) atoms. The minimum absolute atomic E-state index is 1.10. The summed E-state index contributed by atoms with van der Waals surface area (Å²) in [6.07, 6.45) is 2.29. The van der Waals surface area contributed by atoms with Crippen molar-refractivity contribution >= 4 is 45.2 Å². The molecule has 0 amide bonds. The molecule has 0 heterocycles. The highest BCUT2D eigenvalue weighted by molar-refractivity contribution is 14.1. The summed E-state index contributed by atoms with van der Waals surface area (Å²) < 4.78 is 2.20. The van der Waals surface area contributed by atoms with E-state index in [9.17, 15) is 0 Å². The first kappa shape index (κ1) is 14.3. The number of halogens is 2. The molecule has 2 heteroatoms. The van der Waals surface area contributed by atoms with Gasteiger partial charge in [0.15, 0.2) is 0 Å². The Morgan fingerprint density at radius 2 is 0.889 bits per heavy atom. The van der Waals surface area contributed by atoms with Gasteiger partial charge >= 0.3 is 0 Å². The maximum Gasteiger partial charge on any atom is 0.0249 e. The smallest absolute Gasteiger partial charge is 0.0249 e. The third-order valence-corrected chi connectivity index (χ3v) is 4.83. The van der Waals surface area contributed by atoms with Crippen molar-refractivity contribution < 1.29 is 0 Å². The van der Waals surface area contributed by atoms with Crippen molar-refractivity contribution in [1.82, 2.24) is 0 Å². The first-order chi connectivity index (χ1) is 8.85. The Balaban J connectivity index is 2.11. The van der Waals surface area contributed by atoms with Crippen LogP contribution in [0.25, 0.3) is 0 Å². The average Bonchev–Trinajstić information content (AvgIpc) is 2.45. The van der Waals surface area contributed by atoms with E-state index in [0.717, 1.165) is 21.7 Å². The zero-order chi connectivity index (χ0) is 12.8. The van der Waals surface area contributed by atoms with Crippen molar-refractivity contribution in [1.29, 1.82) is 0 Å². The predicted octanol–water partition coefficient (Wildman–Crippen LogP) is 5.34. The van der Waals surface area contributed by atoms with E-state index in [2.05, 4.69) is 93.7 Å². The molecule has 0 aliphatic heterocycles. The topological polar surface area (TPSA) is 0 Å². The SMILES string of the molecule is ICc1ccccc1CCc1ccccc1CI. The molecule has 0 nitrogen and oxygen atoms in total. The van der Waals surface area contributed by atoms with E-state index in [1.165, 1.54) is 22.3 Å². The summed E-state index contributed by atoms with van der Waals surface area (Å²) >= 11 is 4.89. The quantitative estimate of drug-likeness (QED) is 0.416. The van der Waals surface area contributed by atoms with Gasteiger partial charge in [0.05, 0.1) is 0 Å². The second-order valence-electron chi connectivity index (χ2n) is 4.30. The van der Waals surface area contributed by atoms with Gasteiger partial charge in [0.25, 0.3) is 0 Å². The lowest BCUT2D eigenvalue weighted by molar-refractivity contribution is 0.938. The first-order valence-corrected chi connectivity index (χ1v) is 9.15. The number of benzene rings is 2. The Hall–Kier alpha value is -0.100. The lowest BCUT2D eigenvalue weighted by Crippen LogP contribution is -1.98. The second kappa shape index (κ2) is 7.48. The Labute approximate surface area is 136 Å². The van der Waals surface area contributed by atoms with Gasteiger partial charge in [-0.1, -0.05) is 93.7 Å². The number of aryl methyl sites for hydroxylation is 2. The van der Waals surface area contributed by atoms with Crippen LogP contribution in [0.15, 0.2) is 48.5 Å². The lowest BCUT2D eigenvalue weighted by atomic mass is 9.98. The largest absolute Gasteiger partial charge is 0.0812 e. The van der Waals surface area contributed by atoms with Crippen LogP contribution < -0.4 is 0 Å². The maximum absolute atomic E-state index is 2.45. The van der Waals surface area contributed by atoms with Gasteiger partial charge in [0, 0.05) is 8.86 Å². The molecule has 0 aliphatic carbocycles.